The van der Waals surface area contributed by atoms with Gasteiger partial charge in [-0.15, -0.1) is 11.6 Å². The van der Waals surface area contributed by atoms with Crippen LogP contribution in [0.2, 0.25) is 0 Å². The molecule has 1 rings (SSSR count). The maximum Gasteiger partial charge on any atom is 0.327 e. The van der Waals surface area contributed by atoms with E-state index in [0.717, 1.165) is 6.08 Å². The van der Waals surface area contributed by atoms with E-state index in [0.29, 0.717) is 5.56 Å². The second kappa shape index (κ2) is 8.35. The molecular formula is C12H13ClO4. The number of carboxylic acid groups (broad SMARTS) is 2. The zero-order valence-corrected chi connectivity index (χ0v) is 9.96. The van der Waals surface area contributed by atoms with Crippen molar-refractivity contribution in [3.05, 3.63) is 48.0 Å². The summed E-state index contributed by atoms with van der Waals surface area (Å²) in [7, 11) is 0. The summed E-state index contributed by atoms with van der Waals surface area (Å²) < 4.78 is 0. The van der Waals surface area contributed by atoms with Crippen LogP contribution in [0.4, 0.5) is 0 Å². The van der Waals surface area contributed by atoms with Crippen molar-refractivity contribution >= 4 is 23.5 Å². The maximum atomic E-state index is 10.4. The number of allylic oxidation sites excluding steroid dienone is 1. The molecule has 0 bridgehead atoms. The highest BCUT2D eigenvalue weighted by atomic mass is 35.5. The van der Waals surface area contributed by atoms with Crippen molar-refractivity contribution < 1.29 is 19.8 Å². The fraction of sp³-hybridized carbons (Fsp3) is 0.167. The van der Waals surface area contributed by atoms with Crippen LogP contribution in [0.25, 0.3) is 0 Å². The molecule has 0 radical (unpaired) electrons. The molecule has 0 heterocycles. The van der Waals surface area contributed by atoms with Crippen molar-refractivity contribution in [3.8, 4) is 0 Å². The van der Waals surface area contributed by atoms with Gasteiger partial charge in [-0.25, -0.2) is 4.79 Å². The number of carbonyl (C=O) groups is 2. The van der Waals surface area contributed by atoms with Gasteiger partial charge in [-0.2, -0.15) is 0 Å². The molecule has 17 heavy (non-hydrogen) atoms. The number of hydrogen-bond donors (Lipinski definition) is 2. The van der Waals surface area contributed by atoms with Gasteiger partial charge in [-0.05, 0) is 12.5 Å². The van der Waals surface area contributed by atoms with Gasteiger partial charge >= 0.3 is 11.9 Å². The van der Waals surface area contributed by atoms with Gasteiger partial charge in [0.25, 0.3) is 0 Å². The summed E-state index contributed by atoms with van der Waals surface area (Å²) in [5.41, 5.74) is 0.613. The average molecular weight is 257 g/mol. The summed E-state index contributed by atoms with van der Waals surface area (Å²) in [5.74, 6) is -1.91. The topological polar surface area (TPSA) is 74.6 Å². The molecule has 0 aliphatic carbocycles. The van der Waals surface area contributed by atoms with Gasteiger partial charge in [-0.3, -0.25) is 4.79 Å². The lowest BCUT2D eigenvalue weighted by Crippen LogP contribution is -2.04. The molecule has 0 aromatic heterocycles. The summed E-state index contributed by atoms with van der Waals surface area (Å²) in [5, 5.41) is 15.4. The van der Waals surface area contributed by atoms with Crippen molar-refractivity contribution in [3.63, 3.8) is 0 Å². The first-order valence-corrected chi connectivity index (χ1v) is 5.20. The molecular weight excluding hydrogens is 244 g/mol. The molecule has 2 N–H and O–H groups in total. The van der Waals surface area contributed by atoms with Gasteiger partial charge < -0.3 is 10.2 Å². The molecule has 1 unspecified atom stereocenters. The normalized spacial score (nSPS) is 11.4. The smallest absolute Gasteiger partial charge is 0.327 e. The predicted octanol–water partition coefficient (Wildman–Crippen LogP) is 2.70. The van der Waals surface area contributed by atoms with Gasteiger partial charge in [0.2, 0.25) is 0 Å². The van der Waals surface area contributed by atoms with Gasteiger partial charge in [-0.1, -0.05) is 36.4 Å². The quantitative estimate of drug-likeness (QED) is 0.644. The van der Waals surface area contributed by atoms with Crippen LogP contribution in [0.1, 0.15) is 17.9 Å². The van der Waals surface area contributed by atoms with Crippen LogP contribution in [0.3, 0.4) is 0 Å². The zero-order valence-electron chi connectivity index (χ0n) is 9.21. The summed E-state index contributed by atoms with van der Waals surface area (Å²) in [6, 6.07) is 8.70. The number of carboxylic acids is 2. The maximum absolute atomic E-state index is 10.4. The third-order valence-corrected chi connectivity index (χ3v) is 2.06. The summed E-state index contributed by atoms with van der Waals surface area (Å²) in [6.45, 7) is 1.66. The van der Waals surface area contributed by atoms with Crippen molar-refractivity contribution in [2.24, 2.45) is 0 Å². The Balaban J connectivity index is 0.000000366. The SMILES string of the molecule is CC=CC(=O)O.O=C(O)C(Cl)c1ccccc1. The molecule has 4 nitrogen and oxygen atoms in total. The van der Waals surface area contributed by atoms with Crippen molar-refractivity contribution in [1.82, 2.24) is 0 Å². The Morgan fingerprint density at radius 1 is 1.24 bits per heavy atom. The van der Waals surface area contributed by atoms with E-state index in [2.05, 4.69) is 0 Å². The molecule has 1 atom stereocenters. The van der Waals surface area contributed by atoms with Gasteiger partial charge in [0.15, 0.2) is 5.38 Å². The number of hydrogen-bond acceptors (Lipinski definition) is 2. The Hall–Kier alpha value is -1.81. The molecule has 1 aromatic rings. The second-order valence-electron chi connectivity index (χ2n) is 2.95. The highest BCUT2D eigenvalue weighted by Gasteiger charge is 2.14. The average Bonchev–Trinajstić information content (AvgIpc) is 2.29. The number of rotatable bonds is 3. The van der Waals surface area contributed by atoms with Crippen LogP contribution in [0.5, 0.6) is 0 Å². The van der Waals surface area contributed by atoms with E-state index in [4.69, 9.17) is 21.8 Å². The van der Waals surface area contributed by atoms with Crippen molar-refractivity contribution in [2.45, 2.75) is 12.3 Å². The second-order valence-corrected chi connectivity index (χ2v) is 3.39. The van der Waals surface area contributed by atoms with Crippen molar-refractivity contribution in [2.75, 3.05) is 0 Å². The van der Waals surface area contributed by atoms with E-state index in [1.165, 1.54) is 6.08 Å². The number of aliphatic carboxylic acids is 2. The third kappa shape index (κ3) is 7.14. The Labute approximate surface area is 104 Å². The van der Waals surface area contributed by atoms with Gasteiger partial charge in [0.05, 0.1) is 0 Å². The number of benzene rings is 1. The Morgan fingerprint density at radius 3 is 2.06 bits per heavy atom. The minimum atomic E-state index is -1.02. The summed E-state index contributed by atoms with van der Waals surface area (Å²) >= 11 is 5.54. The third-order valence-electron chi connectivity index (χ3n) is 1.62. The van der Waals surface area contributed by atoms with Crippen LogP contribution in [0.15, 0.2) is 42.5 Å². The highest BCUT2D eigenvalue weighted by molar-refractivity contribution is 6.29. The standard InChI is InChI=1S/C8H7ClO2.C4H6O2/c9-7(8(10)11)6-4-2-1-3-5-6;1-2-3-4(5)6/h1-5,7H,(H,10,11);2-3H,1H3,(H,5,6). The molecule has 92 valence electrons. The first-order chi connectivity index (χ1) is 7.99. The van der Waals surface area contributed by atoms with E-state index in [-0.39, 0.29) is 0 Å². The molecule has 1 aromatic carbocycles. The van der Waals surface area contributed by atoms with E-state index in [1.807, 2.05) is 6.07 Å². The van der Waals surface area contributed by atoms with Gasteiger partial charge in [0.1, 0.15) is 0 Å². The molecule has 0 saturated carbocycles. The minimum Gasteiger partial charge on any atom is -0.480 e. The fourth-order valence-electron chi connectivity index (χ4n) is 0.907. The highest BCUT2D eigenvalue weighted by Crippen LogP contribution is 2.19. The Kier molecular flexibility index (Phi) is 7.46. The van der Waals surface area contributed by atoms with Crippen LogP contribution < -0.4 is 0 Å². The monoisotopic (exact) mass is 256 g/mol. The lowest BCUT2D eigenvalue weighted by molar-refractivity contribution is -0.136. The van der Waals surface area contributed by atoms with E-state index in [1.54, 1.807) is 31.2 Å². The minimum absolute atomic E-state index is 0.613. The van der Waals surface area contributed by atoms with Crippen LogP contribution in [0, 0.1) is 0 Å². The Morgan fingerprint density at radius 2 is 1.76 bits per heavy atom. The molecule has 0 fully saturated rings. The molecule has 0 amide bonds. The molecule has 0 saturated heterocycles. The Bertz CT molecular complexity index is 387. The molecule has 0 aliphatic rings. The van der Waals surface area contributed by atoms with Crippen LogP contribution in [-0.4, -0.2) is 22.2 Å². The first kappa shape index (κ1) is 15.2. The van der Waals surface area contributed by atoms with Crippen molar-refractivity contribution in [1.29, 1.82) is 0 Å². The van der Waals surface area contributed by atoms with E-state index >= 15 is 0 Å². The molecule has 0 aliphatic heterocycles. The van der Waals surface area contributed by atoms with E-state index in [9.17, 15) is 9.59 Å². The summed E-state index contributed by atoms with van der Waals surface area (Å²) in [6.07, 6.45) is 2.56. The first-order valence-electron chi connectivity index (χ1n) is 4.76. The zero-order chi connectivity index (χ0) is 13.3. The lowest BCUT2D eigenvalue weighted by Gasteiger charge is -2.01. The van der Waals surface area contributed by atoms with Crippen LogP contribution >= 0.6 is 11.6 Å². The van der Waals surface area contributed by atoms with Gasteiger partial charge in [0, 0.05) is 6.08 Å². The fourth-order valence-corrected chi connectivity index (χ4v) is 1.05. The van der Waals surface area contributed by atoms with Crippen LogP contribution in [-0.2, 0) is 9.59 Å². The number of alkyl halides is 1. The predicted molar refractivity (Wildman–Crippen MR) is 65.1 cm³/mol. The van der Waals surface area contributed by atoms with E-state index < -0.39 is 17.3 Å². The largest absolute Gasteiger partial charge is 0.480 e. The number of halogens is 1. The lowest BCUT2D eigenvalue weighted by atomic mass is 10.1. The molecule has 5 heteroatoms. The summed E-state index contributed by atoms with van der Waals surface area (Å²) in [4.78, 5) is 19.9. The molecule has 0 spiro atoms.